The van der Waals surface area contributed by atoms with Gasteiger partial charge in [-0.15, -0.1) is 0 Å². The van der Waals surface area contributed by atoms with Gasteiger partial charge in [0.2, 0.25) is 11.8 Å². The third-order valence-corrected chi connectivity index (χ3v) is 5.61. The van der Waals surface area contributed by atoms with Gasteiger partial charge >= 0.3 is 0 Å². The molecule has 0 saturated heterocycles. The Hall–Kier alpha value is -2.55. The summed E-state index contributed by atoms with van der Waals surface area (Å²) in [5.74, 6) is -2.48. The zero-order chi connectivity index (χ0) is 20.4. The van der Waals surface area contributed by atoms with Crippen LogP contribution in [0, 0.1) is 39.8 Å². The van der Waals surface area contributed by atoms with Crippen molar-refractivity contribution in [1.29, 1.82) is 10.5 Å². The molecule has 2 N–H and O–H groups in total. The molecule has 0 bridgehead atoms. The molecule has 1 heterocycles. The molecule has 0 aliphatic carbocycles. The van der Waals surface area contributed by atoms with E-state index in [9.17, 15) is 24.5 Å². The highest BCUT2D eigenvalue weighted by Gasteiger charge is 2.45. The first kappa shape index (κ1) is 20.8. The zero-order valence-corrected chi connectivity index (χ0v) is 16.3. The average Bonchev–Trinajstić information content (AvgIpc) is 2.56. The summed E-state index contributed by atoms with van der Waals surface area (Å²) in [5, 5.41) is 23.5. The van der Waals surface area contributed by atoms with Gasteiger partial charge in [0.1, 0.15) is 11.7 Å². The molecule has 0 unspecified atom stereocenters. The van der Waals surface area contributed by atoms with E-state index >= 15 is 0 Å². The molecule has 0 saturated carbocycles. The highest BCUT2D eigenvalue weighted by molar-refractivity contribution is 8.04. The number of carbonyl (C=O) groups is 2. The Morgan fingerprint density at radius 2 is 2.11 bits per heavy atom. The van der Waals surface area contributed by atoms with E-state index in [-0.39, 0.29) is 21.3 Å². The smallest absolute Gasteiger partial charge is 0.243 e. The van der Waals surface area contributed by atoms with Crippen LogP contribution in [0.1, 0.15) is 20.8 Å². The molecule has 0 spiro atoms. The quantitative estimate of drug-likeness (QED) is 0.795. The van der Waals surface area contributed by atoms with E-state index < -0.39 is 34.2 Å². The van der Waals surface area contributed by atoms with Crippen molar-refractivity contribution in [2.24, 2.45) is 11.3 Å². The summed E-state index contributed by atoms with van der Waals surface area (Å²) in [6.07, 6.45) is 0. The van der Waals surface area contributed by atoms with Crippen molar-refractivity contribution in [1.82, 2.24) is 5.32 Å². The number of halogens is 2. The molecule has 2 atom stereocenters. The fraction of sp³-hybridized carbons (Fsp3) is 0.333. The second-order valence-corrected chi connectivity index (χ2v) is 8.22. The molecular formula is C18H16ClFN4O2S. The topological polar surface area (TPSA) is 106 Å². The third-order valence-electron chi connectivity index (χ3n) is 4.19. The molecule has 9 heteroatoms. The number of thioether (sulfide) groups is 1. The maximum Gasteiger partial charge on any atom is 0.243 e. The number of allylic oxidation sites excluding steroid dienone is 1. The number of benzene rings is 1. The van der Waals surface area contributed by atoms with Crippen molar-refractivity contribution >= 4 is 40.9 Å². The highest BCUT2D eigenvalue weighted by atomic mass is 35.5. The van der Waals surface area contributed by atoms with Gasteiger partial charge in [-0.1, -0.05) is 37.2 Å². The molecule has 27 heavy (non-hydrogen) atoms. The Morgan fingerprint density at radius 3 is 2.67 bits per heavy atom. The van der Waals surface area contributed by atoms with Gasteiger partial charge in [0, 0.05) is 5.41 Å². The van der Waals surface area contributed by atoms with E-state index in [2.05, 4.69) is 10.6 Å². The van der Waals surface area contributed by atoms with Crippen molar-refractivity contribution in [2.75, 3.05) is 5.32 Å². The summed E-state index contributed by atoms with van der Waals surface area (Å²) in [4.78, 5) is 24.6. The van der Waals surface area contributed by atoms with Gasteiger partial charge in [-0.25, -0.2) is 4.39 Å². The molecule has 0 aromatic heterocycles. The Labute approximate surface area is 165 Å². The van der Waals surface area contributed by atoms with Gasteiger partial charge in [0.15, 0.2) is 0 Å². The van der Waals surface area contributed by atoms with Crippen LogP contribution >= 0.6 is 23.4 Å². The van der Waals surface area contributed by atoms with Crippen molar-refractivity contribution in [2.45, 2.75) is 26.0 Å². The summed E-state index contributed by atoms with van der Waals surface area (Å²) < 4.78 is 13.1. The lowest BCUT2D eigenvalue weighted by atomic mass is 9.72. The minimum absolute atomic E-state index is 0.0569. The average molecular weight is 407 g/mol. The van der Waals surface area contributed by atoms with Gasteiger partial charge in [-0.05, 0) is 25.1 Å². The number of rotatable bonds is 4. The molecule has 2 amide bonds. The lowest BCUT2D eigenvalue weighted by molar-refractivity contribution is -0.125. The first-order valence-corrected chi connectivity index (χ1v) is 9.15. The van der Waals surface area contributed by atoms with E-state index in [1.54, 1.807) is 20.8 Å². The molecule has 1 aromatic rings. The third kappa shape index (κ3) is 4.24. The van der Waals surface area contributed by atoms with E-state index in [0.29, 0.717) is 0 Å². The molecule has 1 aliphatic heterocycles. The molecule has 1 aliphatic rings. The maximum absolute atomic E-state index is 13.1. The van der Waals surface area contributed by atoms with Gasteiger partial charge in [-0.2, -0.15) is 10.5 Å². The zero-order valence-electron chi connectivity index (χ0n) is 14.8. The first-order valence-electron chi connectivity index (χ1n) is 7.89. The second-order valence-electron chi connectivity index (χ2n) is 6.46. The highest BCUT2D eigenvalue weighted by Crippen LogP contribution is 2.42. The van der Waals surface area contributed by atoms with Gasteiger partial charge < -0.3 is 10.6 Å². The molecule has 0 radical (unpaired) electrons. The molecule has 6 nitrogen and oxygen atoms in total. The van der Waals surface area contributed by atoms with Gasteiger partial charge in [0.25, 0.3) is 0 Å². The standard InChI is InChI=1S/C18H16ClFN4O2S/c1-9(15(25)23-14-5-4-10(20)6-13(14)19)27-17-12(8-22)18(2,3)11(7-21)16(26)24-17/h4-6,9,11H,1-3H3,(H,23,25)(H,24,26)/t9-,11+/m1/s1. The van der Waals surface area contributed by atoms with Crippen molar-refractivity contribution in [3.05, 3.63) is 39.6 Å². The number of nitriles is 2. The minimum atomic E-state index is -1.00. The van der Waals surface area contributed by atoms with Crippen molar-refractivity contribution in [3.8, 4) is 12.1 Å². The van der Waals surface area contributed by atoms with E-state index in [1.807, 2.05) is 12.1 Å². The largest absolute Gasteiger partial charge is 0.324 e. The molecule has 1 aromatic carbocycles. The Balaban J connectivity index is 2.23. The predicted octanol–water partition coefficient (Wildman–Crippen LogP) is 3.57. The van der Waals surface area contributed by atoms with E-state index in [4.69, 9.17) is 11.6 Å². The van der Waals surface area contributed by atoms with Gasteiger partial charge in [-0.3, -0.25) is 9.59 Å². The summed E-state index contributed by atoms with van der Waals surface area (Å²) >= 11 is 6.90. The van der Waals surface area contributed by atoms with Crippen LogP contribution in [0.25, 0.3) is 0 Å². The normalized spacial score (nSPS) is 19.5. The number of carbonyl (C=O) groups excluding carboxylic acids is 2. The fourth-order valence-electron chi connectivity index (χ4n) is 2.57. The van der Waals surface area contributed by atoms with Crippen molar-refractivity contribution in [3.63, 3.8) is 0 Å². The van der Waals surface area contributed by atoms with Gasteiger partial charge in [0.05, 0.1) is 38.7 Å². The Morgan fingerprint density at radius 1 is 1.44 bits per heavy atom. The van der Waals surface area contributed by atoms with Crippen LogP contribution in [-0.4, -0.2) is 17.1 Å². The molecular weight excluding hydrogens is 391 g/mol. The Bertz CT molecular complexity index is 917. The van der Waals surface area contributed by atoms with Crippen LogP contribution in [0.15, 0.2) is 28.8 Å². The first-order chi connectivity index (χ1) is 12.6. The minimum Gasteiger partial charge on any atom is -0.324 e. The van der Waals surface area contributed by atoms with Crippen LogP contribution in [0.2, 0.25) is 5.02 Å². The lowest BCUT2D eigenvalue weighted by Gasteiger charge is -2.35. The summed E-state index contributed by atoms with van der Waals surface area (Å²) in [5.41, 5.74) is -0.495. The molecule has 2 rings (SSSR count). The molecule has 0 fully saturated rings. The number of hydrogen-bond donors (Lipinski definition) is 2. The van der Waals surface area contributed by atoms with Crippen LogP contribution < -0.4 is 10.6 Å². The van der Waals surface area contributed by atoms with Crippen LogP contribution in [0.3, 0.4) is 0 Å². The van der Waals surface area contributed by atoms with E-state index in [1.165, 1.54) is 12.1 Å². The maximum atomic E-state index is 13.1. The summed E-state index contributed by atoms with van der Waals surface area (Å²) in [7, 11) is 0. The Kier molecular flexibility index (Phi) is 6.15. The number of nitrogens with one attached hydrogen (secondary N) is 2. The summed E-state index contributed by atoms with van der Waals surface area (Å²) in [6, 6.07) is 7.55. The van der Waals surface area contributed by atoms with E-state index in [0.717, 1.165) is 17.8 Å². The molecule has 140 valence electrons. The second kappa shape index (κ2) is 7.99. The summed E-state index contributed by atoms with van der Waals surface area (Å²) in [6.45, 7) is 4.87. The predicted molar refractivity (Wildman–Crippen MR) is 101 cm³/mol. The number of anilines is 1. The van der Waals surface area contributed by atoms with Crippen LogP contribution in [0.4, 0.5) is 10.1 Å². The van der Waals surface area contributed by atoms with Crippen LogP contribution in [0.5, 0.6) is 0 Å². The lowest BCUT2D eigenvalue weighted by Crippen LogP contribution is -2.45. The SMILES string of the molecule is C[C@@H](SC1=C(C#N)C(C)(C)[C@@H](C#N)C(=O)N1)C(=O)Nc1ccc(F)cc1Cl. The van der Waals surface area contributed by atoms with Crippen LogP contribution in [-0.2, 0) is 9.59 Å². The number of nitrogens with zero attached hydrogens (tertiary/aromatic N) is 2. The number of amides is 2. The number of hydrogen-bond acceptors (Lipinski definition) is 5. The van der Waals surface area contributed by atoms with Crippen molar-refractivity contribution < 1.29 is 14.0 Å². The fourth-order valence-corrected chi connectivity index (χ4v) is 3.89. The monoisotopic (exact) mass is 406 g/mol.